The van der Waals surface area contributed by atoms with Gasteiger partial charge in [-0.05, 0) is 30.7 Å². The molecule has 0 aliphatic heterocycles. The molecule has 9 heteroatoms. The van der Waals surface area contributed by atoms with Gasteiger partial charge in [0.1, 0.15) is 10.6 Å². The highest BCUT2D eigenvalue weighted by atomic mass is 35.5. The summed E-state index contributed by atoms with van der Waals surface area (Å²) >= 11 is 8.75. The zero-order chi connectivity index (χ0) is 24.2. The lowest BCUT2D eigenvalue weighted by Crippen LogP contribution is -2.23. The number of allylic oxidation sites excluding steroid dienone is 1. The molecule has 34 heavy (non-hydrogen) atoms. The average molecular weight is 512 g/mol. The predicted molar refractivity (Wildman–Crippen MR) is 142 cm³/mol. The van der Waals surface area contributed by atoms with Gasteiger partial charge >= 0.3 is 0 Å². The number of methoxy groups -OCH3 is 1. The first-order chi connectivity index (χ1) is 16.4. The summed E-state index contributed by atoms with van der Waals surface area (Å²) in [4.78, 5) is 31.3. The Kier molecular flexibility index (Phi) is 7.41. The fourth-order valence-electron chi connectivity index (χ4n) is 3.42. The number of nitrogens with zero attached hydrogens (tertiary/aromatic N) is 2. The van der Waals surface area contributed by atoms with Gasteiger partial charge in [-0.1, -0.05) is 59.3 Å². The van der Waals surface area contributed by atoms with Gasteiger partial charge in [-0.25, -0.2) is 4.98 Å². The monoisotopic (exact) mass is 511 g/mol. The van der Waals surface area contributed by atoms with E-state index in [9.17, 15) is 9.59 Å². The number of fused-ring (bicyclic) bond motifs is 1. The Morgan fingerprint density at radius 1 is 1.29 bits per heavy atom. The summed E-state index contributed by atoms with van der Waals surface area (Å²) < 4.78 is 6.69. The highest BCUT2D eigenvalue weighted by Gasteiger charge is 2.18. The molecule has 2 aromatic carbocycles. The summed E-state index contributed by atoms with van der Waals surface area (Å²) in [5.74, 6) is 0.368. The molecule has 1 amide bonds. The Hall–Kier alpha value is -3.07. The highest BCUT2D eigenvalue weighted by molar-refractivity contribution is 7.99. The summed E-state index contributed by atoms with van der Waals surface area (Å²) in [7, 11) is 1.53. The maximum absolute atomic E-state index is 13.4. The fourth-order valence-corrected chi connectivity index (χ4v) is 5.48. The Balaban J connectivity index is 1.59. The van der Waals surface area contributed by atoms with Gasteiger partial charge in [0, 0.05) is 23.2 Å². The van der Waals surface area contributed by atoms with Crippen LogP contribution in [0.3, 0.4) is 0 Å². The van der Waals surface area contributed by atoms with Crippen LogP contribution in [0.5, 0.6) is 5.75 Å². The van der Waals surface area contributed by atoms with Crippen molar-refractivity contribution < 1.29 is 9.53 Å². The quantitative estimate of drug-likeness (QED) is 0.178. The number of amides is 1. The van der Waals surface area contributed by atoms with Gasteiger partial charge in [0.2, 0.25) is 5.91 Å². The van der Waals surface area contributed by atoms with E-state index in [0.717, 1.165) is 16.7 Å². The van der Waals surface area contributed by atoms with Crippen molar-refractivity contribution in [2.45, 2.75) is 18.6 Å². The smallest absolute Gasteiger partial charge is 0.263 e. The second kappa shape index (κ2) is 10.5. The Morgan fingerprint density at radius 3 is 2.74 bits per heavy atom. The third-order valence-corrected chi connectivity index (χ3v) is 7.24. The van der Waals surface area contributed by atoms with E-state index in [1.807, 2.05) is 36.6 Å². The van der Waals surface area contributed by atoms with E-state index in [1.54, 1.807) is 28.8 Å². The van der Waals surface area contributed by atoms with Crippen LogP contribution >= 0.6 is 34.7 Å². The lowest BCUT2D eigenvalue weighted by molar-refractivity contribution is -0.113. The van der Waals surface area contributed by atoms with Crippen LogP contribution in [-0.4, -0.2) is 28.3 Å². The summed E-state index contributed by atoms with van der Waals surface area (Å²) in [5, 5.41) is 6.22. The van der Waals surface area contributed by atoms with Crippen LogP contribution in [0.1, 0.15) is 5.56 Å². The van der Waals surface area contributed by atoms with Crippen molar-refractivity contribution in [1.82, 2.24) is 9.55 Å². The molecule has 4 rings (SSSR count). The van der Waals surface area contributed by atoms with Gasteiger partial charge in [-0.15, -0.1) is 17.9 Å². The van der Waals surface area contributed by atoms with Crippen LogP contribution in [0.2, 0.25) is 5.02 Å². The number of ether oxygens (including phenoxy) is 1. The molecule has 0 bridgehead atoms. The standard InChI is InChI=1S/C25H22ClN3O3S2/c1-4-11-29-24(31)22-18(16-7-5-15(2)6-8-16)13-33-23(22)28-25(29)34-14-21(30)27-17-9-10-20(32-3)19(26)12-17/h4-10,12-13H,1,11,14H2,2-3H3,(H,27,30). The van der Waals surface area contributed by atoms with Crippen molar-refractivity contribution in [2.75, 3.05) is 18.2 Å². The summed E-state index contributed by atoms with van der Waals surface area (Å²) in [6.07, 6.45) is 1.65. The van der Waals surface area contributed by atoms with Gasteiger partial charge in [0.15, 0.2) is 5.16 Å². The fraction of sp³-hybridized carbons (Fsp3) is 0.160. The second-order valence-corrected chi connectivity index (χ2v) is 9.69. The molecule has 1 N–H and O–H groups in total. The van der Waals surface area contributed by atoms with Crippen LogP contribution in [0.25, 0.3) is 21.3 Å². The molecule has 0 aliphatic rings. The number of benzene rings is 2. The Morgan fingerprint density at radius 2 is 2.06 bits per heavy atom. The van der Waals surface area contributed by atoms with E-state index in [4.69, 9.17) is 21.3 Å². The maximum Gasteiger partial charge on any atom is 0.263 e. The van der Waals surface area contributed by atoms with E-state index in [0.29, 0.717) is 38.4 Å². The van der Waals surface area contributed by atoms with Crippen molar-refractivity contribution in [3.05, 3.63) is 81.4 Å². The summed E-state index contributed by atoms with van der Waals surface area (Å²) in [5.41, 5.74) is 3.40. The SMILES string of the molecule is C=CCn1c(SCC(=O)Nc2ccc(OC)c(Cl)c2)nc2scc(-c3ccc(C)cc3)c2c1=O. The minimum Gasteiger partial charge on any atom is -0.495 e. The van der Waals surface area contributed by atoms with E-state index in [2.05, 4.69) is 11.9 Å². The van der Waals surface area contributed by atoms with Crippen molar-refractivity contribution >= 4 is 56.5 Å². The zero-order valence-corrected chi connectivity index (χ0v) is 21.0. The molecule has 2 heterocycles. The number of nitrogens with one attached hydrogen (secondary N) is 1. The van der Waals surface area contributed by atoms with Gasteiger partial charge in [0.25, 0.3) is 5.56 Å². The minimum atomic E-state index is -0.239. The van der Waals surface area contributed by atoms with Gasteiger partial charge in [-0.3, -0.25) is 14.2 Å². The predicted octanol–water partition coefficient (Wildman–Crippen LogP) is 6.01. The topological polar surface area (TPSA) is 73.2 Å². The summed E-state index contributed by atoms with van der Waals surface area (Å²) in [6.45, 7) is 6.09. The number of halogens is 1. The molecule has 174 valence electrons. The average Bonchev–Trinajstić information content (AvgIpc) is 3.24. The molecule has 0 saturated heterocycles. The molecule has 0 unspecified atom stereocenters. The van der Waals surface area contributed by atoms with Crippen LogP contribution in [0.15, 0.2) is 70.5 Å². The van der Waals surface area contributed by atoms with Gasteiger partial charge in [-0.2, -0.15) is 0 Å². The number of rotatable bonds is 8. The number of carbonyl (C=O) groups is 1. The number of carbonyl (C=O) groups excluding carboxylic acids is 1. The molecule has 4 aromatic rings. The number of thioether (sulfide) groups is 1. The van der Waals surface area contributed by atoms with E-state index >= 15 is 0 Å². The largest absolute Gasteiger partial charge is 0.495 e. The third-order valence-electron chi connectivity index (χ3n) is 5.10. The number of hydrogen-bond donors (Lipinski definition) is 1. The first-order valence-corrected chi connectivity index (χ1v) is 12.6. The van der Waals surface area contributed by atoms with E-state index < -0.39 is 0 Å². The van der Waals surface area contributed by atoms with Crippen LogP contribution in [0, 0.1) is 6.92 Å². The van der Waals surface area contributed by atoms with Crippen LogP contribution in [-0.2, 0) is 11.3 Å². The second-order valence-electron chi connectivity index (χ2n) is 7.48. The number of anilines is 1. The number of aromatic nitrogens is 2. The normalized spacial score (nSPS) is 10.9. The lowest BCUT2D eigenvalue weighted by atomic mass is 10.1. The number of thiophene rings is 1. The van der Waals surface area contributed by atoms with Crippen LogP contribution < -0.4 is 15.6 Å². The molecule has 0 fully saturated rings. The Bertz CT molecular complexity index is 1430. The zero-order valence-electron chi connectivity index (χ0n) is 18.6. The molecular weight excluding hydrogens is 490 g/mol. The molecule has 2 aromatic heterocycles. The van der Waals surface area contributed by atoms with E-state index in [-0.39, 0.29) is 17.2 Å². The molecular formula is C25H22ClN3O3S2. The van der Waals surface area contributed by atoms with Crippen molar-refractivity contribution in [2.24, 2.45) is 0 Å². The van der Waals surface area contributed by atoms with Crippen LogP contribution in [0.4, 0.5) is 5.69 Å². The maximum atomic E-state index is 13.4. The first-order valence-electron chi connectivity index (χ1n) is 10.4. The molecule has 0 radical (unpaired) electrons. The molecule has 0 spiro atoms. The molecule has 0 aliphatic carbocycles. The van der Waals surface area contributed by atoms with Crippen molar-refractivity contribution in [3.63, 3.8) is 0 Å². The van der Waals surface area contributed by atoms with Gasteiger partial charge < -0.3 is 10.1 Å². The van der Waals surface area contributed by atoms with Crippen molar-refractivity contribution in [3.8, 4) is 16.9 Å². The molecule has 0 atom stereocenters. The highest BCUT2D eigenvalue weighted by Crippen LogP contribution is 2.32. The van der Waals surface area contributed by atoms with E-state index in [1.165, 1.54) is 30.2 Å². The number of aryl methyl sites for hydroxylation is 1. The lowest BCUT2D eigenvalue weighted by Gasteiger charge is -2.11. The number of hydrogen-bond acceptors (Lipinski definition) is 6. The molecule has 6 nitrogen and oxygen atoms in total. The van der Waals surface area contributed by atoms with Crippen molar-refractivity contribution in [1.29, 1.82) is 0 Å². The summed E-state index contributed by atoms with van der Waals surface area (Å²) in [6, 6.07) is 13.1. The minimum absolute atomic E-state index is 0.0783. The molecule has 0 saturated carbocycles. The van der Waals surface area contributed by atoms with Gasteiger partial charge in [0.05, 0.1) is 23.3 Å². The Labute approximate surface area is 210 Å². The first kappa shape index (κ1) is 24.1. The third kappa shape index (κ3) is 5.04.